The van der Waals surface area contributed by atoms with Crippen molar-refractivity contribution in [1.82, 2.24) is 5.32 Å². The molecule has 3 unspecified atom stereocenters. The average Bonchev–Trinajstić information content (AvgIpc) is 2.84. The summed E-state index contributed by atoms with van der Waals surface area (Å²) in [4.78, 5) is 0. The zero-order valence-corrected chi connectivity index (χ0v) is 12.8. The van der Waals surface area contributed by atoms with E-state index in [0.29, 0.717) is 12.1 Å². The summed E-state index contributed by atoms with van der Waals surface area (Å²) in [5, 5.41) is 3.74. The maximum Gasteiger partial charge on any atom is 0.0347 e. The zero-order valence-electron chi connectivity index (χ0n) is 12.8. The van der Waals surface area contributed by atoms with E-state index in [-0.39, 0.29) is 6.04 Å². The van der Waals surface area contributed by atoms with Crippen LogP contribution in [0.1, 0.15) is 60.6 Å². The van der Waals surface area contributed by atoms with Crippen LogP contribution in [0, 0.1) is 0 Å². The maximum absolute atomic E-state index is 6.25. The minimum Gasteiger partial charge on any atom is -0.324 e. The highest BCUT2D eigenvalue weighted by atomic mass is 15.0. The number of nitrogens with one attached hydrogen (secondary N) is 1. The van der Waals surface area contributed by atoms with Crippen molar-refractivity contribution in [3.63, 3.8) is 0 Å². The van der Waals surface area contributed by atoms with Crippen LogP contribution in [0.5, 0.6) is 0 Å². The molecule has 0 aromatic heterocycles. The molecular weight excluding hydrogens is 256 g/mol. The van der Waals surface area contributed by atoms with Crippen molar-refractivity contribution in [2.24, 2.45) is 5.73 Å². The summed E-state index contributed by atoms with van der Waals surface area (Å²) in [7, 11) is 0. The number of fused-ring (bicyclic) bond motifs is 1. The van der Waals surface area contributed by atoms with Crippen LogP contribution < -0.4 is 11.1 Å². The fraction of sp³-hybridized carbons (Fsp3) is 0.368. The highest BCUT2D eigenvalue weighted by Gasteiger charge is 2.28. The van der Waals surface area contributed by atoms with Crippen LogP contribution in [0.4, 0.5) is 0 Å². The van der Waals surface area contributed by atoms with Gasteiger partial charge in [-0.1, -0.05) is 55.5 Å². The first-order valence-electron chi connectivity index (χ1n) is 7.88. The summed E-state index contributed by atoms with van der Waals surface area (Å²) in [6.45, 7) is 4.42. The van der Waals surface area contributed by atoms with Gasteiger partial charge in [-0.2, -0.15) is 0 Å². The van der Waals surface area contributed by atoms with E-state index >= 15 is 0 Å². The molecule has 0 saturated carbocycles. The maximum atomic E-state index is 6.25. The van der Waals surface area contributed by atoms with Crippen molar-refractivity contribution in [1.29, 1.82) is 0 Å². The standard InChI is InChI=1S/C19H24N2/c1-3-14-8-10-15(11-9-14)13(2)21-19-12-18(20)16-6-4-5-7-17(16)19/h4-11,13,18-19,21H,3,12,20H2,1-2H3. The molecule has 0 radical (unpaired) electrons. The van der Waals surface area contributed by atoms with Gasteiger partial charge in [0.15, 0.2) is 0 Å². The Morgan fingerprint density at radius 2 is 1.76 bits per heavy atom. The van der Waals surface area contributed by atoms with E-state index in [1.165, 1.54) is 22.3 Å². The Labute approximate surface area is 127 Å². The van der Waals surface area contributed by atoms with Gasteiger partial charge in [-0.15, -0.1) is 0 Å². The average molecular weight is 280 g/mol. The summed E-state index contributed by atoms with van der Waals surface area (Å²) in [6.07, 6.45) is 2.07. The second-order valence-corrected chi connectivity index (χ2v) is 6.01. The molecule has 3 rings (SSSR count). The molecule has 0 aliphatic heterocycles. The van der Waals surface area contributed by atoms with Gasteiger partial charge in [-0.25, -0.2) is 0 Å². The molecule has 0 saturated heterocycles. The second kappa shape index (κ2) is 6.00. The Hall–Kier alpha value is -1.64. The minimum atomic E-state index is 0.161. The highest BCUT2D eigenvalue weighted by molar-refractivity contribution is 5.37. The predicted octanol–water partition coefficient (Wildman–Crippen LogP) is 4.04. The lowest BCUT2D eigenvalue weighted by molar-refractivity contribution is 0.446. The summed E-state index contributed by atoms with van der Waals surface area (Å²) >= 11 is 0. The molecule has 0 heterocycles. The molecule has 1 aliphatic carbocycles. The normalized spacial score (nSPS) is 22.0. The third-order valence-corrected chi connectivity index (χ3v) is 4.60. The quantitative estimate of drug-likeness (QED) is 0.887. The molecule has 2 aromatic carbocycles. The molecule has 3 atom stereocenters. The van der Waals surface area contributed by atoms with Crippen LogP contribution in [0.3, 0.4) is 0 Å². The Kier molecular flexibility index (Phi) is 4.09. The SMILES string of the molecule is CCc1ccc(C(C)NC2CC(N)c3ccccc32)cc1. The van der Waals surface area contributed by atoms with Crippen molar-refractivity contribution in [2.45, 2.75) is 44.8 Å². The summed E-state index contributed by atoms with van der Waals surface area (Å²) < 4.78 is 0. The van der Waals surface area contributed by atoms with Gasteiger partial charge in [-0.3, -0.25) is 0 Å². The van der Waals surface area contributed by atoms with E-state index in [0.717, 1.165) is 12.8 Å². The highest BCUT2D eigenvalue weighted by Crippen LogP contribution is 2.38. The Balaban J connectivity index is 1.74. The largest absolute Gasteiger partial charge is 0.324 e. The first-order chi connectivity index (χ1) is 10.2. The lowest BCUT2D eigenvalue weighted by Crippen LogP contribution is -2.23. The Bertz CT molecular complexity index is 603. The van der Waals surface area contributed by atoms with E-state index < -0.39 is 0 Å². The number of aryl methyl sites for hydroxylation is 1. The van der Waals surface area contributed by atoms with Crippen molar-refractivity contribution >= 4 is 0 Å². The third-order valence-electron chi connectivity index (χ3n) is 4.60. The fourth-order valence-corrected chi connectivity index (χ4v) is 3.27. The second-order valence-electron chi connectivity index (χ2n) is 6.01. The van der Waals surface area contributed by atoms with Gasteiger partial charge >= 0.3 is 0 Å². The van der Waals surface area contributed by atoms with E-state index in [1.807, 2.05) is 0 Å². The molecular formula is C19H24N2. The third kappa shape index (κ3) is 2.87. The first kappa shape index (κ1) is 14.3. The van der Waals surface area contributed by atoms with Gasteiger partial charge in [0.2, 0.25) is 0 Å². The molecule has 0 amide bonds. The van der Waals surface area contributed by atoms with Gasteiger partial charge in [0.25, 0.3) is 0 Å². The van der Waals surface area contributed by atoms with E-state index in [4.69, 9.17) is 5.73 Å². The van der Waals surface area contributed by atoms with Gasteiger partial charge in [-0.05, 0) is 42.0 Å². The molecule has 1 aliphatic rings. The molecule has 0 fully saturated rings. The number of benzene rings is 2. The monoisotopic (exact) mass is 280 g/mol. The van der Waals surface area contributed by atoms with Crippen molar-refractivity contribution < 1.29 is 0 Å². The Morgan fingerprint density at radius 3 is 2.43 bits per heavy atom. The van der Waals surface area contributed by atoms with Gasteiger partial charge < -0.3 is 11.1 Å². The van der Waals surface area contributed by atoms with Crippen LogP contribution >= 0.6 is 0 Å². The van der Waals surface area contributed by atoms with Crippen LogP contribution in [-0.2, 0) is 6.42 Å². The van der Waals surface area contributed by atoms with E-state index in [1.54, 1.807) is 0 Å². The van der Waals surface area contributed by atoms with Crippen LogP contribution in [0.15, 0.2) is 48.5 Å². The van der Waals surface area contributed by atoms with Crippen LogP contribution in [-0.4, -0.2) is 0 Å². The van der Waals surface area contributed by atoms with Gasteiger partial charge in [0.1, 0.15) is 0 Å². The lowest BCUT2D eigenvalue weighted by Gasteiger charge is -2.21. The molecule has 21 heavy (non-hydrogen) atoms. The summed E-state index contributed by atoms with van der Waals surface area (Å²) in [6, 6.07) is 18.3. The molecule has 2 nitrogen and oxygen atoms in total. The van der Waals surface area contributed by atoms with E-state index in [9.17, 15) is 0 Å². The minimum absolute atomic E-state index is 0.161. The van der Waals surface area contributed by atoms with Crippen molar-refractivity contribution in [2.75, 3.05) is 0 Å². The lowest BCUT2D eigenvalue weighted by atomic mass is 10.0. The van der Waals surface area contributed by atoms with Crippen molar-refractivity contribution in [3.8, 4) is 0 Å². The fourth-order valence-electron chi connectivity index (χ4n) is 3.27. The molecule has 110 valence electrons. The molecule has 2 heteroatoms. The molecule has 2 aromatic rings. The zero-order chi connectivity index (χ0) is 14.8. The number of nitrogens with two attached hydrogens (primary N) is 1. The van der Waals surface area contributed by atoms with Gasteiger partial charge in [0, 0.05) is 18.1 Å². The summed E-state index contributed by atoms with van der Waals surface area (Å²) in [5.41, 5.74) is 11.6. The van der Waals surface area contributed by atoms with Gasteiger partial charge in [0.05, 0.1) is 0 Å². The van der Waals surface area contributed by atoms with Crippen LogP contribution in [0.2, 0.25) is 0 Å². The Morgan fingerprint density at radius 1 is 1.10 bits per heavy atom. The topological polar surface area (TPSA) is 38.0 Å². The number of hydrogen-bond donors (Lipinski definition) is 2. The molecule has 3 N–H and O–H groups in total. The number of rotatable bonds is 4. The predicted molar refractivity (Wildman–Crippen MR) is 88.1 cm³/mol. The molecule has 0 bridgehead atoms. The molecule has 0 spiro atoms. The summed E-state index contributed by atoms with van der Waals surface area (Å²) in [5.74, 6) is 0. The smallest absolute Gasteiger partial charge is 0.0347 e. The van der Waals surface area contributed by atoms with E-state index in [2.05, 4.69) is 67.7 Å². The first-order valence-corrected chi connectivity index (χ1v) is 7.88. The van der Waals surface area contributed by atoms with Crippen LogP contribution in [0.25, 0.3) is 0 Å². The van der Waals surface area contributed by atoms with Crippen molar-refractivity contribution in [3.05, 3.63) is 70.8 Å². The number of hydrogen-bond acceptors (Lipinski definition) is 2.